The quantitative estimate of drug-likeness (QED) is 0.849. The Bertz CT molecular complexity index is 868. The van der Waals surface area contributed by atoms with Gasteiger partial charge < -0.3 is 0 Å². The van der Waals surface area contributed by atoms with Crippen molar-refractivity contribution in [2.24, 2.45) is 5.10 Å². The number of rotatable bonds is 3. The minimum absolute atomic E-state index is 0.327. The van der Waals surface area contributed by atoms with Gasteiger partial charge in [-0.25, -0.2) is 5.43 Å². The van der Waals surface area contributed by atoms with Gasteiger partial charge in [0.25, 0.3) is 5.91 Å². The Balaban J connectivity index is 1.71. The second-order valence-electron chi connectivity index (χ2n) is 6.45. The monoisotopic (exact) mass is 364 g/mol. The molecule has 1 amide bonds. The Hall–Kier alpha value is -2.64. The average Bonchev–Trinajstić information content (AvgIpc) is 3.01. The molecule has 5 nitrogen and oxygen atoms in total. The van der Waals surface area contributed by atoms with Gasteiger partial charge in [-0.1, -0.05) is 11.6 Å². The molecule has 0 fully saturated rings. The minimum Gasteiger partial charge on any atom is -0.271 e. The molecule has 0 unspecified atom stereocenters. The third kappa shape index (κ3) is 3.95. The molecule has 0 saturated heterocycles. The highest BCUT2D eigenvalue weighted by molar-refractivity contribution is 6.03. The molecule has 0 saturated carbocycles. The van der Waals surface area contributed by atoms with E-state index in [-0.39, 0.29) is 6.54 Å². The van der Waals surface area contributed by atoms with Gasteiger partial charge in [-0.2, -0.15) is 23.4 Å². The fraction of sp³-hybridized carbons (Fsp3) is 0.389. The van der Waals surface area contributed by atoms with Gasteiger partial charge in [-0.15, -0.1) is 0 Å². The number of fused-ring (bicyclic) bond motifs is 1. The predicted molar refractivity (Wildman–Crippen MR) is 90.8 cm³/mol. The number of carbonyl (C=O) groups excluding carboxylic acids is 1. The standard InChI is InChI=1S/C18H19F3N4O/c1-11-8-12(2)13-4-3-5-15(14(13)9-11)22-23-17(26)10-25-7-6-16(24-25)18(19,20)21/h6-9H,3-5,10H2,1-2H3,(H,23,26). The van der Waals surface area contributed by atoms with E-state index in [0.29, 0.717) is 0 Å². The number of amides is 1. The number of hydrazone groups is 1. The molecule has 0 bridgehead atoms. The Morgan fingerprint density at radius 3 is 2.77 bits per heavy atom. The predicted octanol–water partition coefficient (Wildman–Crippen LogP) is 3.38. The van der Waals surface area contributed by atoms with Crippen molar-refractivity contribution in [2.45, 2.75) is 45.8 Å². The molecule has 0 radical (unpaired) electrons. The lowest BCUT2D eigenvalue weighted by molar-refractivity contribution is -0.141. The SMILES string of the molecule is Cc1cc(C)c2c(c1)C(=NNC(=O)Cn1ccc(C(F)(F)F)n1)CCC2. The van der Waals surface area contributed by atoms with Crippen LogP contribution in [0.3, 0.4) is 0 Å². The number of halogens is 3. The Morgan fingerprint density at radius 1 is 1.31 bits per heavy atom. The third-order valence-corrected chi connectivity index (χ3v) is 4.32. The Kier molecular flexibility index (Phi) is 4.84. The lowest BCUT2D eigenvalue weighted by Gasteiger charge is -2.20. The molecule has 2 aromatic rings. The van der Waals surface area contributed by atoms with E-state index in [1.165, 1.54) is 11.1 Å². The summed E-state index contributed by atoms with van der Waals surface area (Å²) in [5.41, 5.74) is 6.80. The number of aromatic nitrogens is 2. The van der Waals surface area contributed by atoms with Crippen molar-refractivity contribution in [3.05, 3.63) is 52.3 Å². The zero-order chi connectivity index (χ0) is 18.9. The molecule has 0 atom stereocenters. The largest absolute Gasteiger partial charge is 0.435 e. The molecular formula is C18H19F3N4O. The summed E-state index contributed by atoms with van der Waals surface area (Å²) in [6.07, 6.45) is -0.737. The summed E-state index contributed by atoms with van der Waals surface area (Å²) in [4.78, 5) is 12.0. The highest BCUT2D eigenvalue weighted by Gasteiger charge is 2.33. The number of nitrogens with one attached hydrogen (secondary N) is 1. The Morgan fingerprint density at radius 2 is 2.08 bits per heavy atom. The van der Waals surface area contributed by atoms with Crippen LogP contribution in [-0.4, -0.2) is 21.4 Å². The maximum Gasteiger partial charge on any atom is 0.435 e. The zero-order valence-corrected chi connectivity index (χ0v) is 14.5. The van der Waals surface area contributed by atoms with E-state index in [2.05, 4.69) is 34.7 Å². The second kappa shape index (κ2) is 6.93. The highest BCUT2D eigenvalue weighted by Crippen LogP contribution is 2.27. The summed E-state index contributed by atoms with van der Waals surface area (Å²) in [6, 6.07) is 5.01. The number of nitrogens with zero attached hydrogens (tertiary/aromatic N) is 3. The van der Waals surface area contributed by atoms with E-state index < -0.39 is 17.8 Å². The molecule has 1 aliphatic carbocycles. The first kappa shape index (κ1) is 18.2. The molecule has 1 aromatic heterocycles. The highest BCUT2D eigenvalue weighted by atomic mass is 19.4. The number of hydrogen-bond donors (Lipinski definition) is 1. The van der Waals surface area contributed by atoms with Gasteiger partial charge in [-0.3, -0.25) is 9.48 Å². The summed E-state index contributed by atoms with van der Waals surface area (Å²) in [5, 5.41) is 7.57. The smallest absolute Gasteiger partial charge is 0.271 e. The molecule has 0 spiro atoms. The number of carbonyl (C=O) groups is 1. The molecular weight excluding hydrogens is 345 g/mol. The summed E-state index contributed by atoms with van der Waals surface area (Å²) in [7, 11) is 0. The summed E-state index contributed by atoms with van der Waals surface area (Å²) in [6.45, 7) is 3.74. The van der Waals surface area contributed by atoms with Crippen molar-refractivity contribution in [1.29, 1.82) is 0 Å². The van der Waals surface area contributed by atoms with Gasteiger partial charge in [0, 0.05) is 11.8 Å². The van der Waals surface area contributed by atoms with Crippen molar-refractivity contribution in [3.63, 3.8) is 0 Å². The fourth-order valence-corrected chi connectivity index (χ4v) is 3.18. The van der Waals surface area contributed by atoms with E-state index in [0.717, 1.165) is 53.0 Å². The molecule has 1 heterocycles. The van der Waals surface area contributed by atoms with Crippen molar-refractivity contribution in [2.75, 3.05) is 0 Å². The molecule has 8 heteroatoms. The fourth-order valence-electron chi connectivity index (χ4n) is 3.18. The zero-order valence-electron chi connectivity index (χ0n) is 14.5. The van der Waals surface area contributed by atoms with Crippen LogP contribution in [0.2, 0.25) is 0 Å². The maximum absolute atomic E-state index is 12.5. The first-order valence-electron chi connectivity index (χ1n) is 8.30. The molecule has 138 valence electrons. The number of hydrogen-bond acceptors (Lipinski definition) is 3. The average molecular weight is 364 g/mol. The molecule has 1 aromatic carbocycles. The van der Waals surface area contributed by atoms with Crippen molar-refractivity contribution in [3.8, 4) is 0 Å². The van der Waals surface area contributed by atoms with E-state index in [4.69, 9.17) is 0 Å². The van der Waals surface area contributed by atoms with Crippen LogP contribution >= 0.6 is 0 Å². The molecule has 1 aliphatic rings. The van der Waals surface area contributed by atoms with Crippen LogP contribution in [0, 0.1) is 13.8 Å². The molecule has 0 aliphatic heterocycles. The van der Waals surface area contributed by atoms with Crippen molar-refractivity contribution in [1.82, 2.24) is 15.2 Å². The first-order valence-corrected chi connectivity index (χ1v) is 8.30. The van der Waals surface area contributed by atoms with Crippen LogP contribution in [0.15, 0.2) is 29.5 Å². The van der Waals surface area contributed by atoms with Crippen LogP contribution in [0.5, 0.6) is 0 Å². The Labute approximate surface area is 148 Å². The molecule has 26 heavy (non-hydrogen) atoms. The first-order chi connectivity index (χ1) is 12.2. The molecule has 3 rings (SSSR count). The van der Waals surface area contributed by atoms with Gasteiger partial charge in [0.2, 0.25) is 0 Å². The number of benzene rings is 1. The van der Waals surface area contributed by atoms with Crippen molar-refractivity contribution >= 4 is 11.6 Å². The van der Waals surface area contributed by atoms with Gasteiger partial charge in [0.15, 0.2) is 5.69 Å². The number of aryl methyl sites for hydroxylation is 2. The summed E-state index contributed by atoms with van der Waals surface area (Å²) < 4.78 is 38.6. The van der Waals surface area contributed by atoms with E-state index in [1.54, 1.807) is 0 Å². The van der Waals surface area contributed by atoms with Gasteiger partial charge in [0.05, 0.1) is 5.71 Å². The summed E-state index contributed by atoms with van der Waals surface area (Å²) in [5.74, 6) is -0.522. The lowest BCUT2D eigenvalue weighted by atomic mass is 9.86. The normalized spacial score (nSPS) is 15.8. The molecule has 1 N–H and O–H groups in total. The van der Waals surface area contributed by atoms with Gasteiger partial charge in [-0.05, 0) is 56.4 Å². The lowest BCUT2D eigenvalue weighted by Crippen LogP contribution is -2.26. The van der Waals surface area contributed by atoms with Crippen LogP contribution < -0.4 is 5.43 Å². The van der Waals surface area contributed by atoms with Gasteiger partial charge >= 0.3 is 6.18 Å². The van der Waals surface area contributed by atoms with Crippen LogP contribution in [-0.2, 0) is 23.9 Å². The third-order valence-electron chi connectivity index (χ3n) is 4.32. The summed E-state index contributed by atoms with van der Waals surface area (Å²) >= 11 is 0. The van der Waals surface area contributed by atoms with Crippen molar-refractivity contribution < 1.29 is 18.0 Å². The van der Waals surface area contributed by atoms with Crippen LogP contribution in [0.25, 0.3) is 0 Å². The van der Waals surface area contributed by atoms with Gasteiger partial charge in [0.1, 0.15) is 6.54 Å². The minimum atomic E-state index is -4.52. The van der Waals surface area contributed by atoms with E-state index in [9.17, 15) is 18.0 Å². The van der Waals surface area contributed by atoms with Crippen LogP contribution in [0.1, 0.15) is 40.8 Å². The van der Waals surface area contributed by atoms with E-state index in [1.807, 2.05) is 6.92 Å². The van der Waals surface area contributed by atoms with Crippen LogP contribution in [0.4, 0.5) is 13.2 Å². The topological polar surface area (TPSA) is 59.3 Å². The maximum atomic E-state index is 12.5. The second-order valence-corrected chi connectivity index (χ2v) is 6.45. The number of alkyl halides is 3. The van der Waals surface area contributed by atoms with E-state index >= 15 is 0 Å².